The van der Waals surface area contributed by atoms with Crippen molar-refractivity contribution >= 4 is 31.7 Å². The Kier molecular flexibility index (Phi) is 8.28. The quantitative estimate of drug-likeness (QED) is 0.245. The van der Waals surface area contributed by atoms with Gasteiger partial charge in [-0.25, -0.2) is 41.1 Å². The zero-order valence-corrected chi connectivity index (χ0v) is 22.2. The molecule has 0 aromatic heterocycles. The van der Waals surface area contributed by atoms with Crippen LogP contribution in [0.15, 0.2) is 93.9 Å². The average molecular weight is 598 g/mol. The molecule has 3 N–H and O–H groups in total. The van der Waals surface area contributed by atoms with Crippen molar-refractivity contribution in [3.8, 4) is 0 Å². The number of nitrogens with zero attached hydrogens (tertiary/aromatic N) is 3. The average Bonchev–Trinajstić information content (AvgIpc) is 3.33. The molecule has 3 aromatic rings. The third-order valence-electron chi connectivity index (χ3n) is 5.86. The molecule has 1 aliphatic heterocycles. The number of halogens is 4. The first-order chi connectivity index (χ1) is 18.7. The minimum Gasteiger partial charge on any atom is -0.250 e. The van der Waals surface area contributed by atoms with Crippen molar-refractivity contribution in [2.24, 2.45) is 15.2 Å². The van der Waals surface area contributed by atoms with Gasteiger partial charge in [-0.1, -0.05) is 42.5 Å². The molecule has 1 atom stereocenters. The fourth-order valence-corrected chi connectivity index (χ4v) is 5.28. The van der Waals surface area contributed by atoms with Crippen LogP contribution in [-0.2, 0) is 26.2 Å². The van der Waals surface area contributed by atoms with Gasteiger partial charge in [0.1, 0.15) is 5.82 Å². The molecule has 0 bridgehead atoms. The number of nitrogens with one attached hydrogen (secondary N) is 1. The van der Waals surface area contributed by atoms with E-state index in [-0.39, 0.29) is 12.5 Å². The molecule has 0 spiro atoms. The number of guanidine groups is 1. The first-order valence-electron chi connectivity index (χ1n) is 11.6. The molecule has 1 heterocycles. The topological polar surface area (TPSA) is 134 Å². The maximum atomic E-state index is 13.6. The molecule has 15 heteroatoms. The fourth-order valence-electron chi connectivity index (χ4n) is 3.91. The van der Waals surface area contributed by atoms with E-state index in [9.17, 15) is 34.4 Å². The van der Waals surface area contributed by atoms with E-state index in [0.29, 0.717) is 23.4 Å². The number of benzene rings is 3. The molecule has 0 saturated carbocycles. The Balaban J connectivity index is 1.72. The second kappa shape index (κ2) is 11.3. The summed E-state index contributed by atoms with van der Waals surface area (Å²) in [6.07, 6.45) is -4.66. The molecular formula is C25H23F4N5O4S2. The zero-order valence-electron chi connectivity index (χ0n) is 20.6. The summed E-state index contributed by atoms with van der Waals surface area (Å²) in [6.45, 7) is -0.377. The molecule has 40 heavy (non-hydrogen) atoms. The van der Waals surface area contributed by atoms with Gasteiger partial charge in [0.05, 0.1) is 35.0 Å². The molecule has 9 nitrogen and oxygen atoms in total. The highest BCUT2D eigenvalue weighted by Gasteiger charge is 2.34. The lowest BCUT2D eigenvalue weighted by molar-refractivity contribution is -0.137. The van der Waals surface area contributed by atoms with Crippen LogP contribution in [0.2, 0.25) is 0 Å². The summed E-state index contributed by atoms with van der Waals surface area (Å²) in [5.41, 5.74) is 0.779. The van der Waals surface area contributed by atoms with Gasteiger partial charge in [0.25, 0.3) is 10.0 Å². The van der Waals surface area contributed by atoms with Crippen LogP contribution in [0.3, 0.4) is 0 Å². The standard InChI is InChI=1S/C25H23F4N5O4S2/c26-20-10-6-18(7-11-20)23-22(17-4-2-1-3-5-17)16-34(32-23)24(31-14-15-39(30,35)36)33-40(37,38)21-12-8-19(9-13-21)25(27,28)29/h1-13,22H,14-16H2,(H,31,33)(H2,30,35,36)/t22-/m1/s1. The van der Waals surface area contributed by atoms with Crippen molar-refractivity contribution < 1.29 is 34.4 Å². The van der Waals surface area contributed by atoms with Gasteiger partial charge < -0.3 is 0 Å². The number of hydrazone groups is 1. The van der Waals surface area contributed by atoms with Crippen LogP contribution in [-0.4, -0.2) is 52.4 Å². The number of sulfonamides is 2. The zero-order chi connectivity index (χ0) is 29.1. The van der Waals surface area contributed by atoms with Crippen molar-refractivity contribution in [2.75, 3.05) is 18.8 Å². The molecule has 4 rings (SSSR count). The van der Waals surface area contributed by atoms with Crippen LogP contribution in [0, 0.1) is 5.82 Å². The second-order valence-electron chi connectivity index (χ2n) is 8.74. The number of hydrogen-bond donors (Lipinski definition) is 2. The molecule has 0 amide bonds. The van der Waals surface area contributed by atoms with Crippen molar-refractivity contribution in [2.45, 2.75) is 17.0 Å². The van der Waals surface area contributed by atoms with E-state index in [1.165, 1.54) is 29.3 Å². The van der Waals surface area contributed by atoms with E-state index in [2.05, 4.69) is 14.8 Å². The van der Waals surface area contributed by atoms with Crippen molar-refractivity contribution in [1.82, 2.24) is 9.73 Å². The number of rotatable bonds is 7. The van der Waals surface area contributed by atoms with Crippen LogP contribution in [0.5, 0.6) is 0 Å². The highest BCUT2D eigenvalue weighted by Crippen LogP contribution is 2.31. The van der Waals surface area contributed by atoms with Gasteiger partial charge in [0, 0.05) is 5.92 Å². The monoisotopic (exact) mass is 597 g/mol. The van der Waals surface area contributed by atoms with E-state index < -0.39 is 60.7 Å². The highest BCUT2D eigenvalue weighted by atomic mass is 32.2. The lowest BCUT2D eigenvalue weighted by atomic mass is 9.91. The summed E-state index contributed by atoms with van der Waals surface area (Å²) >= 11 is 0. The van der Waals surface area contributed by atoms with Gasteiger partial charge in [-0.05, 0) is 47.5 Å². The Morgan fingerprint density at radius 3 is 2.17 bits per heavy atom. The lowest BCUT2D eigenvalue weighted by Crippen LogP contribution is -2.41. The van der Waals surface area contributed by atoms with E-state index in [0.717, 1.165) is 17.7 Å². The second-order valence-corrected chi connectivity index (χ2v) is 12.2. The van der Waals surface area contributed by atoms with E-state index in [1.54, 1.807) is 12.1 Å². The summed E-state index contributed by atoms with van der Waals surface area (Å²) < 4.78 is 104. The summed E-state index contributed by atoms with van der Waals surface area (Å²) in [7, 11) is -8.43. The number of alkyl halides is 3. The van der Waals surface area contributed by atoms with Crippen molar-refractivity contribution in [3.63, 3.8) is 0 Å². The van der Waals surface area contributed by atoms with Gasteiger partial charge in [-0.2, -0.15) is 18.3 Å². The summed E-state index contributed by atoms with van der Waals surface area (Å²) in [5, 5.41) is 10.8. The van der Waals surface area contributed by atoms with Crippen LogP contribution < -0.4 is 9.86 Å². The molecule has 0 fully saturated rings. The number of nitrogens with two attached hydrogens (primary N) is 1. The fraction of sp³-hybridized carbons (Fsp3) is 0.200. The maximum Gasteiger partial charge on any atom is 0.416 e. The van der Waals surface area contributed by atoms with Crippen LogP contribution >= 0.6 is 0 Å². The SMILES string of the molecule is NS(=O)(=O)CCN=C(NS(=O)(=O)c1ccc(C(F)(F)F)cc1)N1C[C@H](c2ccccc2)C(c2ccc(F)cc2)=N1. The smallest absolute Gasteiger partial charge is 0.250 e. The Morgan fingerprint density at radius 2 is 1.60 bits per heavy atom. The highest BCUT2D eigenvalue weighted by molar-refractivity contribution is 7.90. The molecule has 0 radical (unpaired) electrons. The van der Waals surface area contributed by atoms with Gasteiger partial charge in [0.2, 0.25) is 16.0 Å². The Hall–Kier alpha value is -3.82. The Labute approximate surface area is 228 Å². The predicted molar refractivity (Wildman–Crippen MR) is 141 cm³/mol. The molecular weight excluding hydrogens is 574 g/mol. The van der Waals surface area contributed by atoms with E-state index in [1.807, 2.05) is 18.2 Å². The Bertz CT molecular complexity index is 1630. The van der Waals surface area contributed by atoms with Gasteiger partial charge in [-0.3, -0.25) is 0 Å². The minimum absolute atomic E-state index is 0.0560. The predicted octanol–water partition coefficient (Wildman–Crippen LogP) is 3.27. The minimum atomic E-state index is -4.66. The van der Waals surface area contributed by atoms with Crippen LogP contribution in [0.4, 0.5) is 17.6 Å². The summed E-state index contributed by atoms with van der Waals surface area (Å²) in [4.78, 5) is 3.59. The van der Waals surface area contributed by atoms with Gasteiger partial charge in [0.15, 0.2) is 0 Å². The van der Waals surface area contributed by atoms with Crippen molar-refractivity contribution in [3.05, 3.63) is 101 Å². The largest absolute Gasteiger partial charge is 0.416 e. The number of hydrogen-bond acceptors (Lipinski definition) is 6. The van der Waals surface area contributed by atoms with Gasteiger partial charge >= 0.3 is 6.18 Å². The number of primary sulfonamides is 1. The summed E-state index contributed by atoms with van der Waals surface area (Å²) in [6, 6.07) is 17.4. The van der Waals surface area contributed by atoms with Crippen molar-refractivity contribution in [1.29, 1.82) is 0 Å². The molecule has 3 aromatic carbocycles. The third kappa shape index (κ3) is 7.22. The van der Waals surface area contributed by atoms with Crippen LogP contribution in [0.25, 0.3) is 0 Å². The summed E-state index contributed by atoms with van der Waals surface area (Å²) in [5.74, 6) is -1.87. The molecule has 1 aliphatic rings. The molecule has 0 saturated heterocycles. The number of aliphatic imine (C=N–C) groups is 1. The molecule has 0 unspecified atom stereocenters. The van der Waals surface area contributed by atoms with Gasteiger partial charge in [-0.15, -0.1) is 0 Å². The molecule has 0 aliphatic carbocycles. The van der Waals surface area contributed by atoms with Crippen LogP contribution in [0.1, 0.15) is 22.6 Å². The normalized spacial score (nSPS) is 16.6. The lowest BCUT2D eigenvalue weighted by Gasteiger charge is -2.20. The third-order valence-corrected chi connectivity index (χ3v) is 7.95. The van der Waals surface area contributed by atoms with E-state index >= 15 is 0 Å². The Morgan fingerprint density at radius 1 is 0.975 bits per heavy atom. The first-order valence-corrected chi connectivity index (χ1v) is 14.8. The maximum absolute atomic E-state index is 13.6. The molecule has 212 valence electrons. The first kappa shape index (κ1) is 29.2. The van der Waals surface area contributed by atoms with E-state index in [4.69, 9.17) is 5.14 Å².